The molecule has 0 aliphatic rings. The van der Waals surface area contributed by atoms with Crippen LogP contribution >= 0.6 is 11.3 Å². The highest BCUT2D eigenvalue weighted by molar-refractivity contribution is 7.13. The number of fused-ring (bicyclic) bond motifs is 1. The van der Waals surface area contributed by atoms with Gasteiger partial charge >= 0.3 is 0 Å². The summed E-state index contributed by atoms with van der Waals surface area (Å²) in [4.78, 5) is 56.0. The number of nitrogens with two attached hydrogens (primary N) is 1. The minimum Gasteiger partial charge on any atom is -0.366 e. The van der Waals surface area contributed by atoms with E-state index in [2.05, 4.69) is 42.2 Å². The second-order valence-corrected chi connectivity index (χ2v) is 11.6. The summed E-state index contributed by atoms with van der Waals surface area (Å²) < 4.78 is 5.24. The molecule has 0 aromatic carbocycles. The van der Waals surface area contributed by atoms with Gasteiger partial charge in [-0.2, -0.15) is 5.10 Å². The Hall–Kier alpha value is -5.44. The van der Waals surface area contributed by atoms with Crippen molar-refractivity contribution in [2.75, 3.05) is 10.6 Å². The molecule has 5 aromatic rings. The lowest BCUT2D eigenvalue weighted by molar-refractivity contribution is 0.0995. The summed E-state index contributed by atoms with van der Waals surface area (Å²) in [5.74, 6) is -0.689. The maximum atomic E-state index is 13.2. The van der Waals surface area contributed by atoms with Crippen LogP contribution in [0.3, 0.4) is 0 Å². The van der Waals surface area contributed by atoms with Gasteiger partial charge in [-0.05, 0) is 52.3 Å². The van der Waals surface area contributed by atoms with Gasteiger partial charge in [-0.1, -0.05) is 18.7 Å². The van der Waals surface area contributed by atoms with Gasteiger partial charge in [0.15, 0.2) is 5.65 Å². The van der Waals surface area contributed by atoms with Crippen molar-refractivity contribution in [2.24, 2.45) is 5.73 Å². The quantitative estimate of drug-likeness (QED) is 0.183. The van der Waals surface area contributed by atoms with Crippen molar-refractivity contribution in [3.63, 3.8) is 0 Å². The molecule has 0 aliphatic carbocycles. The molecule has 0 aliphatic heterocycles. The number of imidazole rings is 2. The molecule has 14 nitrogen and oxygen atoms in total. The number of aromatic nitrogens is 8. The Morgan fingerprint density at radius 2 is 1.67 bits per heavy atom. The van der Waals surface area contributed by atoms with Crippen LogP contribution in [-0.2, 0) is 19.6 Å². The Morgan fingerprint density at radius 3 is 2.31 bits per heavy atom. The normalized spacial score (nSPS) is 11.4. The van der Waals surface area contributed by atoms with E-state index in [1.54, 1.807) is 15.3 Å². The zero-order valence-corrected chi connectivity index (χ0v) is 26.4. The Balaban J connectivity index is 1.42. The van der Waals surface area contributed by atoms with Crippen LogP contribution in [0.1, 0.15) is 66.5 Å². The van der Waals surface area contributed by atoms with Crippen molar-refractivity contribution >= 4 is 57.7 Å². The number of amides is 3. The van der Waals surface area contributed by atoms with E-state index >= 15 is 0 Å². The number of carbonyl (C=O) groups is 3. The number of primary amides is 1. The summed E-state index contributed by atoms with van der Waals surface area (Å²) in [7, 11) is 0. The number of thiazole rings is 1. The van der Waals surface area contributed by atoms with Crippen LogP contribution < -0.4 is 16.4 Å². The van der Waals surface area contributed by atoms with Crippen LogP contribution in [0.4, 0.5) is 11.9 Å². The minimum absolute atomic E-state index is 0.202. The Morgan fingerprint density at radius 1 is 0.978 bits per heavy atom. The molecule has 0 radical (unpaired) electrons. The molecule has 0 atom stereocenters. The molecular weight excluding hydrogens is 594 g/mol. The van der Waals surface area contributed by atoms with Gasteiger partial charge in [-0.3, -0.25) is 34.3 Å². The van der Waals surface area contributed by atoms with E-state index in [1.807, 2.05) is 51.3 Å². The highest BCUT2D eigenvalue weighted by Crippen LogP contribution is 2.24. The zero-order valence-electron chi connectivity index (χ0n) is 25.6. The largest absolute Gasteiger partial charge is 0.366 e. The predicted octanol–water partition coefficient (Wildman–Crippen LogP) is 4.12. The number of anilines is 2. The van der Waals surface area contributed by atoms with E-state index in [9.17, 15) is 14.4 Å². The van der Waals surface area contributed by atoms with Gasteiger partial charge in [0.2, 0.25) is 17.8 Å². The molecule has 0 spiro atoms. The molecule has 232 valence electrons. The number of allylic oxidation sites excluding steroid dienone is 3. The second kappa shape index (κ2) is 12.7. The van der Waals surface area contributed by atoms with E-state index in [0.29, 0.717) is 40.8 Å². The van der Waals surface area contributed by atoms with Gasteiger partial charge in [0, 0.05) is 25.8 Å². The number of rotatable bonds is 11. The standard InChI is InChI=1S/C30H33N11O3S/c1-7-41-22(12-17(4)38-41)27(43)36-29-34-18(5)24(16(2)3)39(29)10-8-9-11-40-26-21(13-20(14-33-26)25(31)42)35-30(40)37-28(44)23-15-32-19(6)45-23/h8-9,12-15H,2,7,10-11H2,1,3-6H3,(H2,31,42)(H,34,36,43)(H,35,37,44)/b9-8+. The van der Waals surface area contributed by atoms with Crippen LogP contribution in [-0.4, -0.2) is 56.6 Å². The first-order chi connectivity index (χ1) is 21.5. The molecule has 3 amide bonds. The molecule has 0 fully saturated rings. The van der Waals surface area contributed by atoms with Crippen LogP contribution in [0, 0.1) is 20.8 Å². The third-order valence-corrected chi connectivity index (χ3v) is 7.80. The maximum absolute atomic E-state index is 13.2. The van der Waals surface area contributed by atoms with E-state index < -0.39 is 5.91 Å². The first-order valence-corrected chi connectivity index (χ1v) is 14.9. The summed E-state index contributed by atoms with van der Waals surface area (Å²) in [6.07, 6.45) is 6.67. The molecule has 0 saturated carbocycles. The molecule has 5 aromatic heterocycles. The summed E-state index contributed by atoms with van der Waals surface area (Å²) >= 11 is 1.26. The average molecular weight is 628 g/mol. The number of aryl methyl sites for hydroxylation is 4. The van der Waals surface area contributed by atoms with Gasteiger partial charge < -0.3 is 10.3 Å². The lowest BCUT2D eigenvalue weighted by Crippen LogP contribution is -2.20. The zero-order chi connectivity index (χ0) is 32.4. The highest BCUT2D eigenvalue weighted by Gasteiger charge is 2.20. The number of hydrogen-bond acceptors (Lipinski definition) is 9. The van der Waals surface area contributed by atoms with Crippen molar-refractivity contribution in [3.05, 3.63) is 81.5 Å². The van der Waals surface area contributed by atoms with Crippen molar-refractivity contribution < 1.29 is 14.4 Å². The SMILES string of the molecule is C=C(C)c1c(C)nc(NC(=O)c2cc(C)nn2CC)n1C/C=C/Cn1c(NC(=O)c2cnc(C)s2)nc2cc(C(N)=O)cnc21. The molecular formula is C30H33N11O3S. The van der Waals surface area contributed by atoms with Gasteiger partial charge in [-0.15, -0.1) is 11.3 Å². The fourth-order valence-electron chi connectivity index (χ4n) is 4.92. The smallest absolute Gasteiger partial charge is 0.276 e. The van der Waals surface area contributed by atoms with Crippen molar-refractivity contribution in [1.82, 2.24) is 38.9 Å². The Bertz CT molecular complexity index is 1990. The number of carbonyl (C=O) groups excluding carboxylic acids is 3. The van der Waals surface area contributed by atoms with Crippen molar-refractivity contribution in [1.29, 1.82) is 0 Å². The van der Waals surface area contributed by atoms with Gasteiger partial charge in [0.25, 0.3) is 11.8 Å². The molecule has 15 heteroatoms. The number of pyridine rings is 1. The third-order valence-electron chi connectivity index (χ3n) is 6.89. The Kier molecular flexibility index (Phi) is 8.72. The molecule has 0 bridgehead atoms. The second-order valence-electron chi connectivity index (χ2n) is 10.3. The van der Waals surface area contributed by atoms with Gasteiger partial charge in [-0.25, -0.2) is 19.9 Å². The first kappa shape index (κ1) is 31.0. The number of nitrogens with one attached hydrogen (secondary N) is 2. The van der Waals surface area contributed by atoms with Crippen LogP contribution in [0.25, 0.3) is 16.7 Å². The lowest BCUT2D eigenvalue weighted by atomic mass is 10.2. The van der Waals surface area contributed by atoms with Crippen LogP contribution in [0.15, 0.2) is 43.3 Å². The van der Waals surface area contributed by atoms with Gasteiger partial charge in [0.1, 0.15) is 16.1 Å². The summed E-state index contributed by atoms with van der Waals surface area (Å²) in [6, 6.07) is 3.27. The van der Waals surface area contributed by atoms with E-state index in [4.69, 9.17) is 5.73 Å². The molecule has 5 heterocycles. The fraction of sp³-hybridized carbons (Fsp3) is 0.267. The van der Waals surface area contributed by atoms with Crippen molar-refractivity contribution in [3.8, 4) is 0 Å². The van der Waals surface area contributed by atoms with E-state index in [1.165, 1.54) is 29.8 Å². The molecule has 45 heavy (non-hydrogen) atoms. The third kappa shape index (κ3) is 6.43. The maximum Gasteiger partial charge on any atom is 0.276 e. The molecule has 5 rings (SSSR count). The monoisotopic (exact) mass is 627 g/mol. The predicted molar refractivity (Wildman–Crippen MR) is 172 cm³/mol. The number of nitrogens with zero attached hydrogens (tertiary/aromatic N) is 8. The lowest BCUT2D eigenvalue weighted by Gasteiger charge is -2.12. The number of hydrogen-bond donors (Lipinski definition) is 3. The highest BCUT2D eigenvalue weighted by atomic mass is 32.1. The van der Waals surface area contributed by atoms with E-state index in [-0.39, 0.29) is 29.9 Å². The minimum atomic E-state index is -0.634. The fourth-order valence-corrected chi connectivity index (χ4v) is 5.60. The molecule has 0 unspecified atom stereocenters. The summed E-state index contributed by atoms with van der Waals surface area (Å²) in [5, 5.41) is 10.9. The Labute approximate surface area is 262 Å². The molecule has 0 saturated heterocycles. The first-order valence-electron chi connectivity index (χ1n) is 14.1. The summed E-state index contributed by atoms with van der Waals surface area (Å²) in [5.41, 5.74) is 10.0. The van der Waals surface area contributed by atoms with Crippen molar-refractivity contribution in [2.45, 2.75) is 54.3 Å². The average Bonchev–Trinajstić information content (AvgIpc) is 3.75. The summed E-state index contributed by atoms with van der Waals surface area (Å²) in [6.45, 7) is 14.6. The topological polar surface area (TPSA) is 181 Å². The van der Waals surface area contributed by atoms with Crippen LogP contribution in [0.2, 0.25) is 0 Å². The van der Waals surface area contributed by atoms with E-state index in [0.717, 1.165) is 27.7 Å². The van der Waals surface area contributed by atoms with Crippen LogP contribution in [0.5, 0.6) is 0 Å². The van der Waals surface area contributed by atoms with Gasteiger partial charge in [0.05, 0.1) is 33.8 Å². The molecule has 4 N–H and O–H groups in total.